The van der Waals surface area contributed by atoms with Gasteiger partial charge in [-0.1, -0.05) is 0 Å². The van der Waals surface area contributed by atoms with Crippen molar-refractivity contribution < 1.29 is 27.1 Å². The molecular formula is C21H20FN3O5S2. The molecule has 1 aliphatic heterocycles. The third-order valence-corrected chi connectivity index (χ3v) is 8.91. The second kappa shape index (κ2) is 7.68. The maximum atomic E-state index is 13.5. The standard InChI is InChI=1S/C21H20FN3O5S2/c1-30-20(27)18-14-6-7-25(10-17(14)31-21(18)32(28,29)24-13-3-4-13)19(26)16-9-11-8-12(22)2-5-15(11)23-16/h2,5,8-9,13,23-24H,3-4,6-7,10H2,1H3. The van der Waals surface area contributed by atoms with E-state index in [1.54, 1.807) is 17.0 Å². The Balaban J connectivity index is 1.47. The minimum atomic E-state index is -3.87. The number of amides is 1. The van der Waals surface area contributed by atoms with Gasteiger partial charge in [0.2, 0.25) is 0 Å². The zero-order valence-electron chi connectivity index (χ0n) is 17.1. The molecule has 5 rings (SSSR count). The van der Waals surface area contributed by atoms with E-state index in [0.29, 0.717) is 40.0 Å². The van der Waals surface area contributed by atoms with Crippen LogP contribution in [0.3, 0.4) is 0 Å². The Labute approximate surface area is 187 Å². The maximum absolute atomic E-state index is 13.5. The number of methoxy groups -OCH3 is 1. The van der Waals surface area contributed by atoms with E-state index in [-0.39, 0.29) is 34.1 Å². The van der Waals surface area contributed by atoms with E-state index < -0.39 is 16.0 Å². The number of nitrogens with one attached hydrogen (secondary N) is 2. The predicted molar refractivity (Wildman–Crippen MR) is 116 cm³/mol. The van der Waals surface area contributed by atoms with E-state index in [1.165, 1.54) is 19.2 Å². The van der Waals surface area contributed by atoms with Gasteiger partial charge in [0.1, 0.15) is 15.7 Å². The number of aromatic nitrogens is 1. The molecule has 0 bridgehead atoms. The summed E-state index contributed by atoms with van der Waals surface area (Å²) in [6, 6.07) is 5.73. The zero-order valence-corrected chi connectivity index (χ0v) is 18.7. The number of H-pyrrole nitrogens is 1. The van der Waals surface area contributed by atoms with Crippen molar-refractivity contribution in [1.29, 1.82) is 0 Å². The third kappa shape index (κ3) is 3.70. The summed E-state index contributed by atoms with van der Waals surface area (Å²) < 4.78 is 46.7. The fourth-order valence-electron chi connectivity index (χ4n) is 3.91. The van der Waals surface area contributed by atoms with Gasteiger partial charge < -0.3 is 14.6 Å². The van der Waals surface area contributed by atoms with Crippen LogP contribution in [0, 0.1) is 5.82 Å². The first-order valence-corrected chi connectivity index (χ1v) is 12.4. The number of rotatable bonds is 5. The highest BCUT2D eigenvalue weighted by Crippen LogP contribution is 2.38. The van der Waals surface area contributed by atoms with Crippen molar-refractivity contribution in [3.8, 4) is 0 Å². The van der Waals surface area contributed by atoms with Gasteiger partial charge in [-0.15, -0.1) is 11.3 Å². The van der Waals surface area contributed by atoms with Crippen LogP contribution < -0.4 is 4.72 Å². The number of nitrogens with zero attached hydrogens (tertiary/aromatic N) is 1. The number of sulfonamides is 1. The zero-order chi connectivity index (χ0) is 22.6. The number of ether oxygens (including phenoxy) is 1. The van der Waals surface area contributed by atoms with Gasteiger partial charge in [-0.3, -0.25) is 4.79 Å². The first kappa shape index (κ1) is 21.1. The maximum Gasteiger partial charge on any atom is 0.340 e. The van der Waals surface area contributed by atoms with Crippen LogP contribution in [0.2, 0.25) is 0 Å². The van der Waals surface area contributed by atoms with E-state index in [2.05, 4.69) is 9.71 Å². The summed E-state index contributed by atoms with van der Waals surface area (Å²) in [5, 5.41) is 0.592. The number of hydrogen-bond donors (Lipinski definition) is 2. The fraction of sp³-hybridized carbons (Fsp3) is 0.333. The molecule has 0 spiro atoms. The summed E-state index contributed by atoms with van der Waals surface area (Å²) in [7, 11) is -2.65. The van der Waals surface area contributed by atoms with Crippen molar-refractivity contribution in [1.82, 2.24) is 14.6 Å². The second-order valence-electron chi connectivity index (χ2n) is 7.94. The predicted octanol–water partition coefficient (Wildman–Crippen LogP) is 2.79. The third-order valence-electron chi connectivity index (χ3n) is 5.66. The van der Waals surface area contributed by atoms with Gasteiger partial charge in [-0.25, -0.2) is 22.3 Å². The Hall–Kier alpha value is -2.76. The van der Waals surface area contributed by atoms with Gasteiger partial charge in [-0.2, -0.15) is 0 Å². The number of halogens is 1. The topological polar surface area (TPSA) is 109 Å². The van der Waals surface area contributed by atoms with Crippen molar-refractivity contribution in [3.05, 3.63) is 51.8 Å². The van der Waals surface area contributed by atoms with Crippen molar-refractivity contribution >= 4 is 44.1 Å². The van der Waals surface area contributed by atoms with Crippen LogP contribution in [0.5, 0.6) is 0 Å². The molecule has 3 heterocycles. The average molecular weight is 478 g/mol. The highest BCUT2D eigenvalue weighted by molar-refractivity contribution is 7.91. The number of carbonyl (C=O) groups is 2. The molecule has 1 fully saturated rings. The smallest absolute Gasteiger partial charge is 0.340 e. The number of esters is 1. The molecule has 1 aliphatic carbocycles. The Morgan fingerprint density at radius 2 is 2.06 bits per heavy atom. The molecule has 0 saturated heterocycles. The summed E-state index contributed by atoms with van der Waals surface area (Å²) in [4.78, 5) is 30.8. The van der Waals surface area contributed by atoms with Gasteiger partial charge in [0, 0.05) is 28.4 Å². The van der Waals surface area contributed by atoms with Crippen LogP contribution >= 0.6 is 11.3 Å². The Bertz CT molecular complexity index is 1360. The molecular weight excluding hydrogens is 457 g/mol. The SMILES string of the molecule is COC(=O)c1c(S(=O)(=O)NC2CC2)sc2c1CCN(C(=O)c1cc3cc(F)ccc3[nH]1)C2. The van der Waals surface area contributed by atoms with Crippen LogP contribution in [0.15, 0.2) is 28.5 Å². The minimum Gasteiger partial charge on any atom is -0.465 e. The van der Waals surface area contributed by atoms with Gasteiger partial charge >= 0.3 is 5.97 Å². The van der Waals surface area contributed by atoms with Crippen molar-refractivity contribution in [2.24, 2.45) is 0 Å². The van der Waals surface area contributed by atoms with Gasteiger partial charge in [0.15, 0.2) is 0 Å². The number of benzene rings is 1. The average Bonchev–Trinajstić information content (AvgIpc) is 3.33. The minimum absolute atomic E-state index is 0.0587. The van der Waals surface area contributed by atoms with E-state index in [1.807, 2.05) is 0 Å². The Kier molecular flexibility index (Phi) is 5.06. The number of thiophene rings is 1. The Morgan fingerprint density at radius 1 is 1.28 bits per heavy atom. The largest absolute Gasteiger partial charge is 0.465 e. The molecule has 1 aromatic carbocycles. The van der Waals surface area contributed by atoms with Crippen LogP contribution in [0.1, 0.15) is 44.1 Å². The summed E-state index contributed by atoms with van der Waals surface area (Å²) in [6.45, 7) is 0.483. The van der Waals surface area contributed by atoms with Crippen LogP contribution in [0.4, 0.5) is 4.39 Å². The number of hydrogen-bond acceptors (Lipinski definition) is 6. The molecule has 3 aromatic rings. The monoisotopic (exact) mass is 477 g/mol. The number of carbonyl (C=O) groups excluding carboxylic acids is 2. The molecule has 168 valence electrons. The lowest BCUT2D eigenvalue weighted by Crippen LogP contribution is -2.36. The van der Waals surface area contributed by atoms with Crippen molar-refractivity contribution in [3.63, 3.8) is 0 Å². The first-order valence-electron chi connectivity index (χ1n) is 10.1. The molecule has 32 heavy (non-hydrogen) atoms. The molecule has 2 aromatic heterocycles. The molecule has 1 amide bonds. The fourth-order valence-corrected chi connectivity index (χ4v) is 7.13. The van der Waals surface area contributed by atoms with Gasteiger partial charge in [-0.05, 0) is 49.1 Å². The highest BCUT2D eigenvalue weighted by Gasteiger charge is 2.37. The molecule has 1 saturated carbocycles. The van der Waals surface area contributed by atoms with Crippen molar-refractivity contribution in [2.75, 3.05) is 13.7 Å². The molecule has 0 atom stereocenters. The molecule has 11 heteroatoms. The number of fused-ring (bicyclic) bond motifs is 2. The van der Waals surface area contributed by atoms with Crippen molar-refractivity contribution in [2.45, 2.75) is 36.1 Å². The van der Waals surface area contributed by atoms with E-state index in [0.717, 1.165) is 24.2 Å². The lowest BCUT2D eigenvalue weighted by Gasteiger charge is -2.26. The van der Waals surface area contributed by atoms with Gasteiger partial charge in [0.25, 0.3) is 15.9 Å². The molecule has 2 N–H and O–H groups in total. The summed E-state index contributed by atoms with van der Waals surface area (Å²) in [6.07, 6.45) is 1.87. The van der Waals surface area contributed by atoms with Crippen LogP contribution in [-0.4, -0.2) is 49.9 Å². The normalized spacial score (nSPS) is 16.2. The highest BCUT2D eigenvalue weighted by atomic mass is 32.2. The summed E-state index contributed by atoms with van der Waals surface area (Å²) in [5.74, 6) is -1.36. The lowest BCUT2D eigenvalue weighted by atomic mass is 10.0. The Morgan fingerprint density at radius 3 is 2.78 bits per heavy atom. The van der Waals surface area contributed by atoms with Gasteiger partial charge in [0.05, 0.1) is 19.2 Å². The second-order valence-corrected chi connectivity index (χ2v) is 11.0. The molecule has 2 aliphatic rings. The van der Waals surface area contributed by atoms with E-state index in [4.69, 9.17) is 4.74 Å². The van der Waals surface area contributed by atoms with E-state index in [9.17, 15) is 22.4 Å². The van der Waals surface area contributed by atoms with Crippen LogP contribution in [-0.2, 0) is 27.7 Å². The quantitative estimate of drug-likeness (QED) is 0.550. The summed E-state index contributed by atoms with van der Waals surface area (Å²) >= 11 is 1.00. The first-order chi connectivity index (χ1) is 15.3. The number of aromatic amines is 1. The van der Waals surface area contributed by atoms with E-state index >= 15 is 0 Å². The van der Waals surface area contributed by atoms with Crippen LogP contribution in [0.25, 0.3) is 10.9 Å². The lowest BCUT2D eigenvalue weighted by molar-refractivity contribution is 0.0595. The molecule has 0 radical (unpaired) electrons. The molecule has 8 nitrogen and oxygen atoms in total. The molecule has 0 unspecified atom stereocenters. The summed E-state index contributed by atoms with van der Waals surface area (Å²) in [5.41, 5.74) is 1.65.